The molecule has 0 saturated heterocycles. The summed E-state index contributed by atoms with van der Waals surface area (Å²) >= 11 is 1.74. The van der Waals surface area contributed by atoms with Crippen molar-refractivity contribution < 1.29 is 18.9 Å². The maximum atomic E-state index is 2.12. The Hall–Kier alpha value is 0.427. The van der Waals surface area contributed by atoms with Crippen LogP contribution in [0.3, 0.4) is 0 Å². The van der Waals surface area contributed by atoms with Crippen molar-refractivity contribution in [2.45, 2.75) is 6.92 Å². The zero-order valence-corrected chi connectivity index (χ0v) is 5.46. The van der Waals surface area contributed by atoms with Crippen molar-refractivity contribution in [2.75, 3.05) is 0 Å². The van der Waals surface area contributed by atoms with Gasteiger partial charge < -0.3 is 11.8 Å². The van der Waals surface area contributed by atoms with Gasteiger partial charge >= 0.3 is 18.9 Å². The van der Waals surface area contributed by atoms with Crippen LogP contribution in [0.2, 0.25) is 0 Å². The van der Waals surface area contributed by atoms with Crippen molar-refractivity contribution >= 4 is 11.8 Å². The zero-order chi connectivity index (χ0) is 4.41. The molecule has 0 aromatic carbocycles. The molecular weight excluding hydrogens is 99.1 g/mol. The molecule has 0 nitrogen and oxygen atoms in total. The van der Waals surface area contributed by atoms with Gasteiger partial charge in [-0.15, -0.1) is 0 Å². The Morgan fingerprint density at radius 1 is 1.57 bits per heavy atom. The van der Waals surface area contributed by atoms with E-state index in [2.05, 4.69) is 23.8 Å². The van der Waals surface area contributed by atoms with Crippen molar-refractivity contribution in [3.63, 3.8) is 0 Å². The van der Waals surface area contributed by atoms with Gasteiger partial charge in [0.05, 0.1) is 0 Å². The third-order valence-electron chi connectivity index (χ3n) is 0.663. The fourth-order valence-electron chi connectivity index (χ4n) is 0.333. The van der Waals surface area contributed by atoms with E-state index >= 15 is 0 Å². The number of hydrogen-bond donors (Lipinski definition) is 0. The number of thioether (sulfide) groups is 1. The van der Waals surface area contributed by atoms with Crippen molar-refractivity contribution in [3.8, 4) is 0 Å². The molecular formula is C5H6LiS. The molecule has 2 heteroatoms. The normalized spacial score (nSPS) is 15.9. The van der Waals surface area contributed by atoms with Crippen LogP contribution >= 0.6 is 0 Å². The molecule has 0 atom stereocenters. The standard InChI is InChI=1S/C5H6S.Li/c1-5-2-3-6-4-5;/h2-4H,1H3;/q-1;+1. The Morgan fingerprint density at radius 3 is 2.43 bits per heavy atom. The van der Waals surface area contributed by atoms with E-state index in [9.17, 15) is 0 Å². The van der Waals surface area contributed by atoms with Crippen LogP contribution < -0.4 is 18.9 Å². The quantitative estimate of drug-likeness (QED) is 0.267. The fraction of sp³-hybridized carbons (Fsp3) is 0.200. The third-order valence-corrected chi connectivity index (χ3v) is 1.46. The molecule has 1 radical (unpaired) electrons. The average molecular weight is 105 g/mol. The van der Waals surface area contributed by atoms with Gasteiger partial charge in [-0.05, 0) is 6.92 Å². The molecule has 0 fully saturated rings. The first-order valence-electron chi connectivity index (χ1n) is 1.88. The summed E-state index contributed by atoms with van der Waals surface area (Å²) in [5.74, 6) is 0. The smallest absolute Gasteiger partial charge is 0.583 e. The van der Waals surface area contributed by atoms with Gasteiger partial charge in [0.1, 0.15) is 0 Å². The van der Waals surface area contributed by atoms with Crippen molar-refractivity contribution in [3.05, 3.63) is 22.5 Å². The molecule has 0 N–H and O–H groups in total. The second-order valence-corrected chi connectivity index (χ2v) is 2.08. The summed E-state index contributed by atoms with van der Waals surface area (Å²) in [5.41, 5.74) is 1.36. The summed E-state index contributed by atoms with van der Waals surface area (Å²) in [6, 6.07) is 0. The maximum absolute atomic E-state index is 2.12. The van der Waals surface area contributed by atoms with E-state index in [0.29, 0.717) is 0 Å². The minimum atomic E-state index is 0. The minimum absolute atomic E-state index is 0. The summed E-state index contributed by atoms with van der Waals surface area (Å²) in [4.78, 5) is 0. The molecule has 0 aliphatic carbocycles. The molecule has 0 spiro atoms. The van der Waals surface area contributed by atoms with Gasteiger partial charge in [0.15, 0.2) is 0 Å². The van der Waals surface area contributed by atoms with Gasteiger partial charge in [-0.1, -0.05) is 11.6 Å². The summed E-state index contributed by atoms with van der Waals surface area (Å²) in [5, 5.41) is 4.20. The van der Waals surface area contributed by atoms with Gasteiger partial charge in [0.2, 0.25) is 0 Å². The Kier molecular flexibility index (Phi) is 3.64. The molecule has 0 amide bonds. The van der Waals surface area contributed by atoms with E-state index in [0.717, 1.165) is 0 Å². The molecule has 0 aromatic rings. The number of rotatable bonds is 0. The van der Waals surface area contributed by atoms with Gasteiger partial charge in [-0.2, -0.15) is 0 Å². The zero-order valence-electron chi connectivity index (χ0n) is 4.64. The topological polar surface area (TPSA) is 0 Å². The van der Waals surface area contributed by atoms with E-state index in [-0.39, 0.29) is 18.9 Å². The summed E-state index contributed by atoms with van der Waals surface area (Å²) < 4.78 is 0. The van der Waals surface area contributed by atoms with Crippen molar-refractivity contribution in [1.82, 2.24) is 0 Å². The predicted octanol–water partition coefficient (Wildman–Crippen LogP) is -1.50. The van der Waals surface area contributed by atoms with Crippen molar-refractivity contribution in [1.29, 1.82) is 0 Å². The number of hydrogen-bond acceptors (Lipinski definition) is 1. The third kappa shape index (κ3) is 2.28. The second kappa shape index (κ2) is 3.43. The van der Waals surface area contributed by atoms with Crippen LogP contribution in [-0.4, -0.2) is 0 Å². The van der Waals surface area contributed by atoms with E-state index in [1.54, 1.807) is 11.8 Å². The Labute approximate surface area is 60.2 Å². The van der Waals surface area contributed by atoms with Crippen LogP contribution in [0.1, 0.15) is 6.92 Å². The molecule has 0 bridgehead atoms. The van der Waals surface area contributed by atoms with E-state index in [1.165, 1.54) is 5.57 Å². The van der Waals surface area contributed by atoms with Crippen LogP contribution in [0.25, 0.3) is 0 Å². The summed E-state index contributed by atoms with van der Waals surface area (Å²) in [6.07, 6.45) is 2.10. The van der Waals surface area contributed by atoms with Crippen LogP contribution in [0.15, 0.2) is 22.5 Å². The second-order valence-electron chi connectivity index (χ2n) is 1.30. The molecule has 33 valence electrons. The Bertz CT molecular complexity index is 102. The SMILES string of the molecule is CC1=C[S-]C=C1.[Li+]. The summed E-state index contributed by atoms with van der Waals surface area (Å²) in [7, 11) is 0. The van der Waals surface area contributed by atoms with Gasteiger partial charge in [0, 0.05) is 0 Å². The molecule has 1 heterocycles. The van der Waals surface area contributed by atoms with E-state index in [4.69, 9.17) is 0 Å². The maximum Gasteiger partial charge on any atom is 1.00 e. The Morgan fingerprint density at radius 2 is 2.29 bits per heavy atom. The average Bonchev–Trinajstić information content (AvgIpc) is 1.86. The largest absolute Gasteiger partial charge is 1.00 e. The van der Waals surface area contributed by atoms with E-state index in [1.807, 2.05) is 0 Å². The molecule has 0 aromatic heterocycles. The van der Waals surface area contributed by atoms with E-state index < -0.39 is 0 Å². The number of allylic oxidation sites excluding steroid dienone is 2. The van der Waals surface area contributed by atoms with Crippen molar-refractivity contribution in [2.24, 2.45) is 0 Å². The molecule has 0 unspecified atom stereocenters. The minimum Gasteiger partial charge on any atom is -0.583 e. The Balaban J connectivity index is 0.000000360. The first kappa shape index (κ1) is 7.43. The molecule has 0 saturated carbocycles. The van der Waals surface area contributed by atoms with Crippen LogP contribution in [0.4, 0.5) is 0 Å². The molecule has 1 aliphatic rings. The molecule has 7 heavy (non-hydrogen) atoms. The summed E-state index contributed by atoms with van der Waals surface area (Å²) in [6.45, 7) is 2.09. The monoisotopic (exact) mass is 105 g/mol. The van der Waals surface area contributed by atoms with Crippen LogP contribution in [0, 0.1) is 0 Å². The fourth-order valence-corrected chi connectivity index (χ4v) is 0.998. The van der Waals surface area contributed by atoms with Crippen LogP contribution in [0.5, 0.6) is 0 Å². The first-order valence-corrected chi connectivity index (χ1v) is 2.82. The molecule has 1 rings (SSSR count). The van der Waals surface area contributed by atoms with Gasteiger partial charge in [-0.25, -0.2) is 10.8 Å². The van der Waals surface area contributed by atoms with Gasteiger partial charge in [0.25, 0.3) is 0 Å². The van der Waals surface area contributed by atoms with Crippen LogP contribution in [-0.2, 0) is 11.8 Å². The first-order chi connectivity index (χ1) is 2.89. The molecule has 1 aliphatic heterocycles. The predicted molar refractivity (Wildman–Crippen MR) is 30.3 cm³/mol. The van der Waals surface area contributed by atoms with Gasteiger partial charge in [-0.3, -0.25) is 0 Å².